The van der Waals surface area contributed by atoms with E-state index in [0.717, 1.165) is 5.69 Å². The van der Waals surface area contributed by atoms with E-state index in [9.17, 15) is 0 Å². The first kappa shape index (κ1) is 17.4. The average Bonchev–Trinajstić information content (AvgIpc) is 2.90. The Bertz CT molecular complexity index is 366. The van der Waals surface area contributed by atoms with Crippen molar-refractivity contribution in [2.45, 2.75) is 40.5 Å². The molecule has 1 aliphatic heterocycles. The Morgan fingerprint density at radius 3 is 2.21 bits per heavy atom. The zero-order valence-corrected chi connectivity index (χ0v) is 13.1. The van der Waals surface area contributed by atoms with Crippen LogP contribution in [0.25, 0.3) is 0 Å². The van der Waals surface area contributed by atoms with E-state index in [0.29, 0.717) is 0 Å². The summed E-state index contributed by atoms with van der Waals surface area (Å²) < 4.78 is 0. The fraction of sp³-hybridized carbons (Fsp3) is 0.471. The summed E-state index contributed by atoms with van der Waals surface area (Å²) in [6, 6.07) is 10.0. The highest BCUT2D eigenvalue weighted by Gasteiger charge is 2.10. The molecule has 1 heterocycles. The van der Waals surface area contributed by atoms with Gasteiger partial charge in [0.15, 0.2) is 0 Å². The second-order valence-electron chi connectivity index (χ2n) is 3.80. The van der Waals surface area contributed by atoms with Crippen molar-refractivity contribution in [1.82, 2.24) is 4.90 Å². The molecule has 1 aromatic rings. The van der Waals surface area contributed by atoms with Crippen LogP contribution in [-0.4, -0.2) is 24.7 Å². The number of likely N-dealkylation sites (tertiary alicyclic amines) is 1. The molecule has 0 aliphatic carbocycles. The molecule has 0 saturated carbocycles. The minimum absolute atomic E-state index is 1.01. The molecular weight excluding hydrogens is 232 g/mol. The lowest BCUT2D eigenvalue weighted by molar-refractivity contribution is 0.482. The molecule has 0 aromatic heterocycles. The van der Waals surface area contributed by atoms with E-state index in [1.807, 2.05) is 64.2 Å². The van der Waals surface area contributed by atoms with Gasteiger partial charge in [0.1, 0.15) is 0 Å². The molecule has 2 nitrogen and oxygen atoms in total. The van der Waals surface area contributed by atoms with Crippen molar-refractivity contribution in [2.24, 2.45) is 4.99 Å². The molecule has 0 spiro atoms. The summed E-state index contributed by atoms with van der Waals surface area (Å²) in [5.74, 6) is 0. The normalized spacial score (nSPS) is 15.8. The maximum Gasteiger partial charge on any atom is 0.0629 e. The molecule has 1 fully saturated rings. The van der Waals surface area contributed by atoms with Crippen molar-refractivity contribution in [3.05, 3.63) is 42.1 Å². The second-order valence-corrected chi connectivity index (χ2v) is 3.80. The van der Waals surface area contributed by atoms with E-state index in [1.54, 1.807) is 0 Å². The molecule has 1 saturated heterocycles. The van der Waals surface area contributed by atoms with Crippen LogP contribution in [0.15, 0.2) is 47.1 Å². The lowest BCUT2D eigenvalue weighted by Gasteiger charge is -2.10. The van der Waals surface area contributed by atoms with Gasteiger partial charge in [-0.15, -0.1) is 0 Å². The maximum atomic E-state index is 4.38. The molecule has 0 amide bonds. The SMILES string of the molecule is CC.CC.CN1CCCC1=CC=Nc1ccccc1. The van der Waals surface area contributed by atoms with Crippen molar-refractivity contribution in [2.75, 3.05) is 13.6 Å². The van der Waals surface area contributed by atoms with Gasteiger partial charge in [-0.25, -0.2) is 0 Å². The third-order valence-corrected chi connectivity index (χ3v) is 2.66. The van der Waals surface area contributed by atoms with Gasteiger partial charge in [-0.05, 0) is 31.1 Å². The van der Waals surface area contributed by atoms with Crippen molar-refractivity contribution < 1.29 is 0 Å². The number of rotatable bonds is 2. The maximum absolute atomic E-state index is 4.38. The molecule has 0 unspecified atom stereocenters. The zero-order chi connectivity index (χ0) is 14.5. The predicted octanol–water partition coefficient (Wildman–Crippen LogP) is 5.05. The van der Waals surface area contributed by atoms with E-state index in [2.05, 4.69) is 23.0 Å². The Kier molecular flexibility index (Phi) is 10.6. The van der Waals surface area contributed by atoms with Crippen molar-refractivity contribution in [3.63, 3.8) is 0 Å². The molecule has 0 atom stereocenters. The number of nitrogens with zero attached hydrogens (tertiary/aromatic N) is 2. The summed E-state index contributed by atoms with van der Waals surface area (Å²) >= 11 is 0. The van der Waals surface area contributed by atoms with Gasteiger partial charge in [-0.1, -0.05) is 45.9 Å². The number of allylic oxidation sites excluding steroid dienone is 2. The van der Waals surface area contributed by atoms with Crippen LogP contribution in [0, 0.1) is 0 Å². The molecule has 1 aromatic carbocycles. The van der Waals surface area contributed by atoms with Gasteiger partial charge >= 0.3 is 0 Å². The van der Waals surface area contributed by atoms with Crippen LogP contribution in [0.5, 0.6) is 0 Å². The van der Waals surface area contributed by atoms with Crippen molar-refractivity contribution in [1.29, 1.82) is 0 Å². The number of hydrogen-bond donors (Lipinski definition) is 0. The number of hydrogen-bond acceptors (Lipinski definition) is 2. The third-order valence-electron chi connectivity index (χ3n) is 2.66. The van der Waals surface area contributed by atoms with E-state index >= 15 is 0 Å². The lowest BCUT2D eigenvalue weighted by atomic mass is 10.3. The van der Waals surface area contributed by atoms with Crippen LogP contribution >= 0.6 is 0 Å². The van der Waals surface area contributed by atoms with Gasteiger partial charge in [-0.3, -0.25) is 4.99 Å². The number of aliphatic imine (C=N–C) groups is 1. The van der Waals surface area contributed by atoms with Crippen LogP contribution in [0.4, 0.5) is 5.69 Å². The quantitative estimate of drug-likeness (QED) is 0.679. The summed E-state index contributed by atoms with van der Waals surface area (Å²) in [5.41, 5.74) is 2.39. The zero-order valence-electron chi connectivity index (χ0n) is 13.1. The Hall–Kier alpha value is -1.57. The highest BCUT2D eigenvalue weighted by molar-refractivity contribution is 5.75. The Balaban J connectivity index is 0.000000741. The molecule has 0 radical (unpaired) electrons. The van der Waals surface area contributed by atoms with Crippen LogP contribution in [0.3, 0.4) is 0 Å². The van der Waals surface area contributed by atoms with E-state index in [-0.39, 0.29) is 0 Å². The summed E-state index contributed by atoms with van der Waals surface area (Å²) in [6.07, 6.45) is 6.45. The highest BCUT2D eigenvalue weighted by atomic mass is 15.1. The van der Waals surface area contributed by atoms with Crippen LogP contribution in [0.1, 0.15) is 40.5 Å². The molecule has 2 rings (SSSR count). The Labute approximate surface area is 118 Å². The summed E-state index contributed by atoms with van der Waals surface area (Å²) in [7, 11) is 2.13. The Morgan fingerprint density at radius 1 is 1.05 bits per heavy atom. The van der Waals surface area contributed by atoms with Gasteiger partial charge < -0.3 is 4.90 Å². The van der Waals surface area contributed by atoms with Crippen LogP contribution in [-0.2, 0) is 0 Å². The topological polar surface area (TPSA) is 15.6 Å². The van der Waals surface area contributed by atoms with Crippen LogP contribution in [0.2, 0.25) is 0 Å². The number of para-hydroxylation sites is 1. The van der Waals surface area contributed by atoms with E-state index < -0.39 is 0 Å². The summed E-state index contributed by atoms with van der Waals surface area (Å²) in [4.78, 5) is 6.66. The monoisotopic (exact) mass is 260 g/mol. The van der Waals surface area contributed by atoms with Gasteiger partial charge in [0.05, 0.1) is 5.69 Å². The van der Waals surface area contributed by atoms with Gasteiger partial charge in [0.25, 0.3) is 0 Å². The number of benzene rings is 1. The van der Waals surface area contributed by atoms with Gasteiger partial charge in [0.2, 0.25) is 0 Å². The molecule has 19 heavy (non-hydrogen) atoms. The van der Waals surface area contributed by atoms with E-state index in [4.69, 9.17) is 0 Å². The molecular formula is C17H28N2. The van der Waals surface area contributed by atoms with E-state index in [1.165, 1.54) is 25.1 Å². The minimum Gasteiger partial charge on any atom is -0.378 e. The first-order valence-corrected chi connectivity index (χ1v) is 7.36. The molecule has 0 N–H and O–H groups in total. The first-order valence-electron chi connectivity index (χ1n) is 7.36. The first-order chi connectivity index (χ1) is 9.36. The van der Waals surface area contributed by atoms with Crippen molar-refractivity contribution >= 4 is 11.9 Å². The largest absolute Gasteiger partial charge is 0.378 e. The second kappa shape index (κ2) is 11.5. The average molecular weight is 260 g/mol. The smallest absolute Gasteiger partial charge is 0.0629 e. The fourth-order valence-electron chi connectivity index (χ4n) is 1.77. The molecule has 106 valence electrons. The molecule has 2 heteroatoms. The predicted molar refractivity (Wildman–Crippen MR) is 87.2 cm³/mol. The molecule has 1 aliphatic rings. The van der Waals surface area contributed by atoms with Crippen LogP contribution < -0.4 is 0 Å². The van der Waals surface area contributed by atoms with Gasteiger partial charge in [0, 0.05) is 25.5 Å². The summed E-state index contributed by atoms with van der Waals surface area (Å²) in [5, 5.41) is 0. The minimum atomic E-state index is 1.01. The fourth-order valence-corrected chi connectivity index (χ4v) is 1.77. The lowest BCUT2D eigenvalue weighted by Crippen LogP contribution is -2.09. The van der Waals surface area contributed by atoms with Crippen molar-refractivity contribution in [3.8, 4) is 0 Å². The third kappa shape index (κ3) is 6.80. The molecule has 0 bridgehead atoms. The highest BCUT2D eigenvalue weighted by Crippen LogP contribution is 2.17. The van der Waals surface area contributed by atoms with Gasteiger partial charge in [-0.2, -0.15) is 0 Å². The standard InChI is InChI=1S/C13H16N2.2C2H6/c1-15-11-5-8-13(15)9-10-14-12-6-3-2-4-7-12;2*1-2/h2-4,6-7,9-10H,5,8,11H2,1H3;2*1-2H3. The summed E-state index contributed by atoms with van der Waals surface area (Å²) in [6.45, 7) is 9.17. The Morgan fingerprint density at radius 2 is 1.68 bits per heavy atom.